The molecule has 0 aliphatic rings. The van der Waals surface area contributed by atoms with Crippen molar-refractivity contribution in [2.45, 2.75) is 6.54 Å². The molecule has 2 N–H and O–H groups in total. The maximum Gasteiger partial charge on any atom is 0.279 e. The Hall–Kier alpha value is -1.98. The molecule has 0 aromatic heterocycles. The van der Waals surface area contributed by atoms with Crippen LogP contribution in [-0.4, -0.2) is 19.5 Å². The van der Waals surface area contributed by atoms with Crippen molar-refractivity contribution in [2.75, 3.05) is 18.9 Å². The zero-order valence-corrected chi connectivity index (χ0v) is 12.8. The summed E-state index contributed by atoms with van der Waals surface area (Å²) in [7, 11) is 1.84. The van der Waals surface area contributed by atoms with Crippen LogP contribution in [0.5, 0.6) is 0 Å². The summed E-state index contributed by atoms with van der Waals surface area (Å²) in [6.45, 7) is 0.724. The molecule has 0 heterocycles. The van der Waals surface area contributed by atoms with Crippen LogP contribution in [0, 0.1) is 11.6 Å². The SMILES string of the molecule is C[NH+](CC(=O)Nc1cc(F)ccc1F)Cc1cccc(Cl)c1. The van der Waals surface area contributed by atoms with Gasteiger partial charge in [-0.25, -0.2) is 8.78 Å². The lowest BCUT2D eigenvalue weighted by Crippen LogP contribution is -3.08. The third-order valence-corrected chi connectivity index (χ3v) is 3.29. The van der Waals surface area contributed by atoms with Crippen molar-refractivity contribution >= 4 is 23.2 Å². The fourth-order valence-electron chi connectivity index (χ4n) is 2.12. The highest BCUT2D eigenvalue weighted by atomic mass is 35.5. The number of anilines is 1. The highest BCUT2D eigenvalue weighted by molar-refractivity contribution is 6.30. The van der Waals surface area contributed by atoms with Gasteiger partial charge in [-0.3, -0.25) is 4.79 Å². The van der Waals surface area contributed by atoms with Crippen molar-refractivity contribution < 1.29 is 18.5 Å². The van der Waals surface area contributed by atoms with Crippen LogP contribution in [0.1, 0.15) is 5.56 Å². The van der Waals surface area contributed by atoms with Crippen LogP contribution in [0.15, 0.2) is 42.5 Å². The Bertz CT molecular complexity index is 679. The summed E-state index contributed by atoms with van der Waals surface area (Å²) in [4.78, 5) is 12.8. The van der Waals surface area contributed by atoms with Gasteiger partial charge in [-0.15, -0.1) is 0 Å². The summed E-state index contributed by atoms with van der Waals surface area (Å²) in [6, 6.07) is 10.3. The fourth-order valence-corrected chi connectivity index (χ4v) is 2.33. The van der Waals surface area contributed by atoms with Gasteiger partial charge in [0, 0.05) is 16.7 Å². The van der Waals surface area contributed by atoms with Crippen molar-refractivity contribution in [1.82, 2.24) is 0 Å². The zero-order chi connectivity index (χ0) is 16.1. The van der Waals surface area contributed by atoms with Crippen molar-refractivity contribution in [3.63, 3.8) is 0 Å². The molecule has 0 spiro atoms. The molecule has 116 valence electrons. The number of amides is 1. The summed E-state index contributed by atoms with van der Waals surface area (Å²) < 4.78 is 26.5. The summed E-state index contributed by atoms with van der Waals surface area (Å²) in [5.41, 5.74) is 0.843. The number of hydrogen-bond acceptors (Lipinski definition) is 1. The Morgan fingerprint density at radius 1 is 1.23 bits per heavy atom. The topological polar surface area (TPSA) is 33.5 Å². The molecule has 3 nitrogen and oxygen atoms in total. The minimum Gasteiger partial charge on any atom is -0.326 e. The summed E-state index contributed by atoms with van der Waals surface area (Å²) >= 11 is 5.91. The van der Waals surface area contributed by atoms with E-state index in [2.05, 4.69) is 5.32 Å². The van der Waals surface area contributed by atoms with E-state index in [0.717, 1.165) is 28.7 Å². The highest BCUT2D eigenvalue weighted by Crippen LogP contribution is 2.14. The van der Waals surface area contributed by atoms with E-state index in [1.165, 1.54) is 0 Å². The van der Waals surface area contributed by atoms with Gasteiger partial charge in [0.1, 0.15) is 18.2 Å². The first kappa shape index (κ1) is 16.4. The third-order valence-electron chi connectivity index (χ3n) is 3.06. The highest BCUT2D eigenvalue weighted by Gasteiger charge is 2.13. The molecule has 0 aliphatic carbocycles. The predicted molar refractivity (Wildman–Crippen MR) is 81.9 cm³/mol. The van der Waals surface area contributed by atoms with Crippen LogP contribution < -0.4 is 10.2 Å². The van der Waals surface area contributed by atoms with Gasteiger partial charge in [0.2, 0.25) is 0 Å². The Labute approximate surface area is 132 Å². The number of benzene rings is 2. The number of carbonyl (C=O) groups excluding carboxylic acids is 1. The lowest BCUT2D eigenvalue weighted by atomic mass is 10.2. The van der Waals surface area contributed by atoms with Crippen LogP contribution >= 0.6 is 11.6 Å². The first-order valence-corrected chi connectivity index (χ1v) is 7.12. The molecule has 0 radical (unpaired) electrons. The average molecular weight is 326 g/mol. The molecule has 1 atom stereocenters. The number of rotatable bonds is 5. The molecule has 1 amide bonds. The van der Waals surface area contributed by atoms with Crippen molar-refractivity contribution in [3.05, 3.63) is 64.7 Å². The molecule has 0 saturated heterocycles. The summed E-state index contributed by atoms with van der Waals surface area (Å²) in [6.07, 6.45) is 0. The van der Waals surface area contributed by atoms with Gasteiger partial charge < -0.3 is 10.2 Å². The second-order valence-electron chi connectivity index (χ2n) is 5.11. The molecule has 2 rings (SSSR count). The van der Waals surface area contributed by atoms with E-state index in [9.17, 15) is 13.6 Å². The Kier molecular flexibility index (Phi) is 5.46. The fraction of sp³-hybridized carbons (Fsp3) is 0.188. The molecule has 0 bridgehead atoms. The van der Waals surface area contributed by atoms with Gasteiger partial charge >= 0.3 is 0 Å². The van der Waals surface area contributed by atoms with E-state index in [1.54, 1.807) is 6.07 Å². The average Bonchev–Trinajstić information content (AvgIpc) is 2.42. The van der Waals surface area contributed by atoms with E-state index in [4.69, 9.17) is 11.6 Å². The largest absolute Gasteiger partial charge is 0.326 e. The second kappa shape index (κ2) is 7.33. The van der Waals surface area contributed by atoms with Crippen LogP contribution in [0.2, 0.25) is 5.02 Å². The van der Waals surface area contributed by atoms with E-state index >= 15 is 0 Å². The van der Waals surface area contributed by atoms with Gasteiger partial charge in [0.15, 0.2) is 6.54 Å². The molecule has 0 fully saturated rings. The Balaban J connectivity index is 1.92. The van der Waals surface area contributed by atoms with E-state index in [1.807, 2.05) is 25.2 Å². The molecule has 0 aliphatic heterocycles. The summed E-state index contributed by atoms with van der Waals surface area (Å²) in [5, 5.41) is 3.01. The van der Waals surface area contributed by atoms with Crippen LogP contribution in [0.25, 0.3) is 0 Å². The Morgan fingerprint density at radius 3 is 2.73 bits per heavy atom. The van der Waals surface area contributed by atoms with Gasteiger partial charge in [0.25, 0.3) is 5.91 Å². The maximum atomic E-state index is 13.5. The number of halogens is 3. The number of nitrogens with one attached hydrogen (secondary N) is 2. The number of likely N-dealkylation sites (N-methyl/N-ethyl adjacent to an activating group) is 1. The van der Waals surface area contributed by atoms with Gasteiger partial charge in [-0.05, 0) is 24.3 Å². The minimum absolute atomic E-state index is 0.127. The van der Waals surface area contributed by atoms with E-state index < -0.39 is 11.6 Å². The molecule has 6 heteroatoms. The minimum atomic E-state index is -0.665. The third kappa shape index (κ3) is 4.79. The number of carbonyl (C=O) groups is 1. The molecular weight excluding hydrogens is 310 g/mol. The lowest BCUT2D eigenvalue weighted by molar-refractivity contribution is -0.885. The van der Waals surface area contributed by atoms with Crippen molar-refractivity contribution in [3.8, 4) is 0 Å². The Morgan fingerprint density at radius 2 is 2.00 bits per heavy atom. The molecule has 2 aromatic carbocycles. The standard InChI is InChI=1S/C16H15ClF2N2O/c1-21(9-11-3-2-4-12(17)7-11)10-16(22)20-15-8-13(18)5-6-14(15)19/h2-8H,9-10H2,1H3,(H,20,22)/p+1. The quantitative estimate of drug-likeness (QED) is 0.869. The predicted octanol–water partition coefficient (Wildman–Crippen LogP) is 2.27. The van der Waals surface area contributed by atoms with Gasteiger partial charge in [-0.1, -0.05) is 23.7 Å². The maximum absolute atomic E-state index is 13.5. The molecule has 22 heavy (non-hydrogen) atoms. The molecule has 0 saturated carbocycles. The van der Waals surface area contributed by atoms with Crippen molar-refractivity contribution in [1.29, 1.82) is 0 Å². The lowest BCUT2D eigenvalue weighted by Gasteiger charge is -2.14. The van der Waals surface area contributed by atoms with Crippen molar-refractivity contribution in [2.24, 2.45) is 0 Å². The zero-order valence-electron chi connectivity index (χ0n) is 12.0. The van der Waals surface area contributed by atoms with E-state index in [0.29, 0.717) is 11.6 Å². The van der Waals surface area contributed by atoms with E-state index in [-0.39, 0.29) is 18.1 Å². The molecular formula is C16H16ClF2N2O+. The van der Waals surface area contributed by atoms with Gasteiger partial charge in [0.05, 0.1) is 12.7 Å². The number of hydrogen-bond donors (Lipinski definition) is 2. The van der Waals surface area contributed by atoms with Gasteiger partial charge in [-0.2, -0.15) is 0 Å². The normalized spacial score (nSPS) is 12.0. The molecule has 2 aromatic rings. The first-order chi connectivity index (χ1) is 10.4. The molecule has 1 unspecified atom stereocenters. The van der Waals surface area contributed by atoms with Crippen LogP contribution in [0.3, 0.4) is 0 Å². The monoisotopic (exact) mass is 325 g/mol. The second-order valence-corrected chi connectivity index (χ2v) is 5.55. The smallest absolute Gasteiger partial charge is 0.279 e. The first-order valence-electron chi connectivity index (χ1n) is 6.74. The summed E-state index contributed by atoms with van der Waals surface area (Å²) in [5.74, 6) is -1.65. The van der Waals surface area contributed by atoms with Crippen LogP contribution in [-0.2, 0) is 11.3 Å². The number of quaternary nitrogens is 1. The van der Waals surface area contributed by atoms with Crippen LogP contribution in [0.4, 0.5) is 14.5 Å².